The van der Waals surface area contributed by atoms with Gasteiger partial charge in [0.05, 0.1) is 6.04 Å². The summed E-state index contributed by atoms with van der Waals surface area (Å²) in [4.78, 5) is 46.2. The van der Waals surface area contributed by atoms with Gasteiger partial charge in [-0.15, -0.1) is 0 Å². The van der Waals surface area contributed by atoms with Crippen molar-refractivity contribution in [3.05, 3.63) is 12.2 Å². The lowest BCUT2D eigenvalue weighted by atomic mass is 10.1. The van der Waals surface area contributed by atoms with Crippen LogP contribution in [-0.4, -0.2) is 54.7 Å². The maximum Gasteiger partial charge on any atom is 0.253 e. The van der Waals surface area contributed by atoms with Crippen LogP contribution in [0.15, 0.2) is 12.2 Å². The summed E-state index contributed by atoms with van der Waals surface area (Å²) >= 11 is 0. The highest BCUT2D eigenvalue weighted by molar-refractivity contribution is 6.13. The summed E-state index contributed by atoms with van der Waals surface area (Å²) in [6.07, 6.45) is 4.56. The first-order chi connectivity index (χ1) is 10.5. The van der Waals surface area contributed by atoms with E-state index in [1.807, 2.05) is 0 Å². The van der Waals surface area contributed by atoms with E-state index < -0.39 is 0 Å². The molecule has 0 unspecified atom stereocenters. The highest BCUT2D eigenvalue weighted by Gasteiger charge is 2.23. The lowest BCUT2D eigenvalue weighted by Crippen LogP contribution is -2.39. The normalized spacial score (nSPS) is 15.2. The van der Waals surface area contributed by atoms with Crippen LogP contribution in [0.2, 0.25) is 0 Å². The van der Waals surface area contributed by atoms with E-state index in [-0.39, 0.29) is 42.6 Å². The minimum atomic E-state index is -0.389. The smallest absolute Gasteiger partial charge is 0.253 e. The number of unbranched alkanes of at least 4 members (excludes halogenated alkanes) is 1. The van der Waals surface area contributed by atoms with Gasteiger partial charge in [0.2, 0.25) is 11.8 Å². The monoisotopic (exact) mass is 310 g/mol. The van der Waals surface area contributed by atoms with E-state index in [2.05, 4.69) is 10.6 Å². The van der Waals surface area contributed by atoms with Crippen LogP contribution < -0.4 is 16.4 Å². The molecule has 1 aliphatic heterocycles. The van der Waals surface area contributed by atoms with Crippen LogP contribution >= 0.6 is 0 Å². The van der Waals surface area contributed by atoms with Gasteiger partial charge in [-0.2, -0.15) is 0 Å². The van der Waals surface area contributed by atoms with Gasteiger partial charge in [-0.05, 0) is 26.3 Å². The van der Waals surface area contributed by atoms with Gasteiger partial charge in [-0.1, -0.05) is 0 Å². The molecule has 4 amide bonds. The zero-order chi connectivity index (χ0) is 16.5. The van der Waals surface area contributed by atoms with Gasteiger partial charge >= 0.3 is 0 Å². The number of primary amides is 1. The van der Waals surface area contributed by atoms with E-state index in [0.29, 0.717) is 13.0 Å². The van der Waals surface area contributed by atoms with Crippen molar-refractivity contribution in [3.8, 4) is 0 Å². The number of likely N-dealkylation sites (N-methyl/N-ethyl adjacent to an activating group) is 1. The largest absolute Gasteiger partial charge is 0.368 e. The second kappa shape index (κ2) is 8.93. The molecule has 4 N–H and O–H groups in total. The number of rotatable bonds is 10. The predicted molar refractivity (Wildman–Crippen MR) is 79.4 cm³/mol. The molecule has 0 aliphatic carbocycles. The molecule has 1 aliphatic rings. The van der Waals surface area contributed by atoms with Gasteiger partial charge in [-0.3, -0.25) is 24.1 Å². The number of nitrogens with zero attached hydrogens (tertiary/aromatic N) is 1. The van der Waals surface area contributed by atoms with Gasteiger partial charge in [0.1, 0.15) is 0 Å². The van der Waals surface area contributed by atoms with Crippen molar-refractivity contribution in [2.75, 3.05) is 20.1 Å². The fourth-order valence-electron chi connectivity index (χ4n) is 2.08. The van der Waals surface area contributed by atoms with Crippen molar-refractivity contribution in [3.63, 3.8) is 0 Å². The molecule has 122 valence electrons. The minimum absolute atomic E-state index is 0.0829. The zero-order valence-electron chi connectivity index (χ0n) is 12.6. The molecular formula is C14H22N4O4. The summed E-state index contributed by atoms with van der Waals surface area (Å²) in [5, 5.41) is 5.54. The van der Waals surface area contributed by atoms with Crippen molar-refractivity contribution in [1.29, 1.82) is 0 Å². The molecule has 0 radical (unpaired) electrons. The first-order valence-corrected chi connectivity index (χ1v) is 7.22. The molecule has 0 saturated carbocycles. The SMILES string of the molecule is CN[C@@H](CCCCNC(=O)CCN1C(=O)C=CC1=O)C(N)=O. The number of hydrogen-bond donors (Lipinski definition) is 3. The highest BCUT2D eigenvalue weighted by Crippen LogP contribution is 2.04. The van der Waals surface area contributed by atoms with Gasteiger partial charge < -0.3 is 16.4 Å². The Morgan fingerprint density at radius 2 is 1.86 bits per heavy atom. The maximum absolute atomic E-state index is 11.6. The first-order valence-electron chi connectivity index (χ1n) is 7.22. The third-order valence-electron chi connectivity index (χ3n) is 3.40. The Balaban J connectivity index is 2.10. The molecule has 0 fully saturated rings. The van der Waals surface area contributed by atoms with Gasteiger partial charge in [0, 0.05) is 31.7 Å². The molecule has 1 rings (SSSR count). The standard InChI is InChI=1S/C14H22N4O4/c1-16-10(14(15)22)4-2-3-8-17-11(19)7-9-18-12(20)5-6-13(18)21/h5-6,10,16H,2-4,7-9H2,1H3,(H2,15,22)(H,17,19)/t10-/m0/s1. The van der Waals surface area contributed by atoms with Crippen LogP contribution in [0.5, 0.6) is 0 Å². The summed E-state index contributed by atoms with van der Waals surface area (Å²) in [6, 6.07) is -0.351. The van der Waals surface area contributed by atoms with Crippen molar-refractivity contribution >= 4 is 23.6 Å². The summed E-state index contributed by atoms with van der Waals surface area (Å²) in [6.45, 7) is 0.564. The third kappa shape index (κ3) is 5.65. The predicted octanol–water partition coefficient (Wildman–Crippen LogP) is -1.34. The number of carbonyl (C=O) groups is 4. The Hall–Kier alpha value is -2.22. The highest BCUT2D eigenvalue weighted by atomic mass is 16.2. The molecule has 0 spiro atoms. The van der Waals surface area contributed by atoms with Crippen molar-refractivity contribution < 1.29 is 19.2 Å². The van der Waals surface area contributed by atoms with E-state index in [1.54, 1.807) is 7.05 Å². The molecule has 1 heterocycles. The Bertz CT molecular complexity index is 457. The van der Waals surface area contributed by atoms with Crippen molar-refractivity contribution in [2.45, 2.75) is 31.7 Å². The Morgan fingerprint density at radius 3 is 2.41 bits per heavy atom. The van der Waals surface area contributed by atoms with Crippen LogP contribution in [0.25, 0.3) is 0 Å². The molecule has 0 aromatic carbocycles. The molecule has 0 aromatic heterocycles. The number of nitrogens with one attached hydrogen (secondary N) is 2. The molecular weight excluding hydrogens is 288 g/mol. The van der Waals surface area contributed by atoms with E-state index >= 15 is 0 Å². The summed E-state index contributed by atoms with van der Waals surface area (Å²) < 4.78 is 0. The van der Waals surface area contributed by atoms with Crippen LogP contribution in [0.4, 0.5) is 0 Å². The molecule has 0 aromatic rings. The van der Waals surface area contributed by atoms with E-state index in [0.717, 1.165) is 17.7 Å². The first kappa shape index (κ1) is 17.8. The van der Waals surface area contributed by atoms with E-state index in [4.69, 9.17) is 5.73 Å². The number of amides is 4. The topological polar surface area (TPSA) is 122 Å². The van der Waals surface area contributed by atoms with Crippen LogP contribution in [-0.2, 0) is 19.2 Å². The summed E-state index contributed by atoms with van der Waals surface area (Å²) in [5.74, 6) is -1.38. The number of hydrogen-bond acceptors (Lipinski definition) is 5. The molecule has 22 heavy (non-hydrogen) atoms. The van der Waals surface area contributed by atoms with Gasteiger partial charge in [-0.25, -0.2) is 0 Å². The molecule has 8 nitrogen and oxygen atoms in total. The van der Waals surface area contributed by atoms with Gasteiger partial charge in [0.25, 0.3) is 11.8 Å². The molecule has 8 heteroatoms. The Kier molecular flexibility index (Phi) is 7.24. The van der Waals surface area contributed by atoms with Crippen molar-refractivity contribution in [1.82, 2.24) is 15.5 Å². The second-order valence-corrected chi connectivity index (χ2v) is 5.00. The van der Waals surface area contributed by atoms with Crippen LogP contribution in [0.1, 0.15) is 25.7 Å². The third-order valence-corrected chi connectivity index (χ3v) is 3.40. The number of nitrogens with two attached hydrogens (primary N) is 1. The fraction of sp³-hybridized carbons (Fsp3) is 0.571. The summed E-state index contributed by atoms with van der Waals surface area (Å²) in [7, 11) is 1.67. The van der Waals surface area contributed by atoms with Crippen LogP contribution in [0.3, 0.4) is 0 Å². The quantitative estimate of drug-likeness (QED) is 0.341. The maximum atomic E-state index is 11.6. The molecule has 0 bridgehead atoms. The van der Waals surface area contributed by atoms with Crippen LogP contribution in [0, 0.1) is 0 Å². The number of imide groups is 1. The van der Waals surface area contributed by atoms with Crippen molar-refractivity contribution in [2.24, 2.45) is 5.73 Å². The molecule has 1 atom stereocenters. The zero-order valence-corrected chi connectivity index (χ0v) is 12.6. The Labute approximate surface area is 129 Å². The fourth-order valence-corrected chi connectivity index (χ4v) is 2.08. The average Bonchev–Trinajstić information content (AvgIpc) is 2.79. The van der Waals surface area contributed by atoms with E-state index in [1.165, 1.54) is 12.2 Å². The minimum Gasteiger partial charge on any atom is -0.368 e. The average molecular weight is 310 g/mol. The number of carbonyl (C=O) groups excluding carboxylic acids is 4. The van der Waals surface area contributed by atoms with Gasteiger partial charge in [0.15, 0.2) is 0 Å². The molecule has 0 saturated heterocycles. The Morgan fingerprint density at radius 1 is 1.23 bits per heavy atom. The van der Waals surface area contributed by atoms with E-state index in [9.17, 15) is 19.2 Å². The lowest BCUT2D eigenvalue weighted by molar-refractivity contribution is -0.137. The summed E-state index contributed by atoms with van der Waals surface area (Å²) in [5.41, 5.74) is 5.20. The second-order valence-electron chi connectivity index (χ2n) is 5.00. The lowest BCUT2D eigenvalue weighted by Gasteiger charge is -2.14.